The highest BCUT2D eigenvalue weighted by atomic mass is 19.3. The van der Waals surface area contributed by atoms with Crippen LogP contribution < -0.4 is 16.2 Å². The lowest BCUT2D eigenvalue weighted by Crippen LogP contribution is -2.32. The maximum Gasteiger partial charge on any atom is 0.255 e. The maximum atomic E-state index is 12.5. The van der Waals surface area contributed by atoms with Crippen molar-refractivity contribution in [3.63, 3.8) is 0 Å². The molecule has 0 spiro atoms. The summed E-state index contributed by atoms with van der Waals surface area (Å²) in [6, 6.07) is 1.50. The van der Waals surface area contributed by atoms with Gasteiger partial charge in [0.2, 0.25) is 0 Å². The molecule has 0 saturated heterocycles. The van der Waals surface area contributed by atoms with Crippen LogP contribution in [-0.4, -0.2) is 41.2 Å². The first-order chi connectivity index (χ1) is 9.13. The molecule has 4 N–H and O–H groups in total. The number of aliphatic hydroxyl groups excluding tert-OH is 1. The molecule has 1 fully saturated rings. The zero-order valence-electron chi connectivity index (χ0n) is 10.4. The van der Waals surface area contributed by atoms with E-state index in [4.69, 9.17) is 10.9 Å². The van der Waals surface area contributed by atoms with Crippen molar-refractivity contribution in [2.75, 3.05) is 30.0 Å². The quantitative estimate of drug-likeness (QED) is 0.501. The number of aliphatic hydroxyl groups is 1. The van der Waals surface area contributed by atoms with Crippen LogP contribution in [0.15, 0.2) is 6.07 Å². The lowest BCUT2D eigenvalue weighted by Gasteiger charge is -2.23. The summed E-state index contributed by atoms with van der Waals surface area (Å²) in [7, 11) is 0. The molecule has 0 radical (unpaired) electrons. The summed E-state index contributed by atoms with van der Waals surface area (Å²) in [6.07, 6.45) is -0.495. The summed E-state index contributed by atoms with van der Waals surface area (Å²) in [6.45, 7) is -0.609. The van der Waals surface area contributed by atoms with Crippen molar-refractivity contribution in [2.45, 2.75) is 25.2 Å². The third-order valence-corrected chi connectivity index (χ3v) is 2.87. The van der Waals surface area contributed by atoms with Crippen LogP contribution in [0, 0.1) is 0 Å². The van der Waals surface area contributed by atoms with Crippen molar-refractivity contribution < 1.29 is 13.9 Å². The zero-order chi connectivity index (χ0) is 13.8. The van der Waals surface area contributed by atoms with Gasteiger partial charge in [0, 0.05) is 18.5 Å². The number of hydrogen-bond acceptors (Lipinski definition) is 6. The van der Waals surface area contributed by atoms with E-state index >= 15 is 0 Å². The second-order valence-corrected chi connectivity index (χ2v) is 4.45. The van der Waals surface area contributed by atoms with Crippen molar-refractivity contribution in [1.29, 1.82) is 0 Å². The fraction of sp³-hybridized carbons (Fsp3) is 0.636. The van der Waals surface area contributed by atoms with Gasteiger partial charge in [-0.1, -0.05) is 0 Å². The van der Waals surface area contributed by atoms with Crippen LogP contribution in [0.1, 0.15) is 24.6 Å². The average Bonchev–Trinajstić information content (AvgIpc) is 3.21. The minimum absolute atomic E-state index is 0.0927. The molecule has 0 aromatic carbocycles. The molecule has 8 heteroatoms. The summed E-state index contributed by atoms with van der Waals surface area (Å²) < 4.78 is 25.1. The second kappa shape index (κ2) is 6.07. The van der Waals surface area contributed by atoms with Gasteiger partial charge < -0.3 is 15.4 Å². The normalized spacial score (nSPS) is 14.8. The number of alkyl halides is 2. The van der Waals surface area contributed by atoms with Crippen LogP contribution in [-0.2, 0) is 0 Å². The molecular weight excluding hydrogens is 256 g/mol. The average molecular weight is 273 g/mol. The highest BCUT2D eigenvalue weighted by Gasteiger charge is 2.28. The first kappa shape index (κ1) is 13.9. The van der Waals surface area contributed by atoms with E-state index in [1.54, 1.807) is 0 Å². The van der Waals surface area contributed by atoms with Crippen molar-refractivity contribution in [3.05, 3.63) is 11.9 Å². The monoisotopic (exact) mass is 273 g/mol. The molecule has 0 bridgehead atoms. The maximum absolute atomic E-state index is 12.5. The van der Waals surface area contributed by atoms with Gasteiger partial charge in [0.1, 0.15) is 17.5 Å². The van der Waals surface area contributed by atoms with E-state index in [-0.39, 0.29) is 19.1 Å². The van der Waals surface area contributed by atoms with E-state index in [2.05, 4.69) is 15.4 Å². The predicted octanol–water partition coefficient (Wildman–Crippen LogP) is 0.703. The van der Waals surface area contributed by atoms with Gasteiger partial charge in [-0.25, -0.2) is 24.6 Å². The van der Waals surface area contributed by atoms with E-state index in [0.29, 0.717) is 17.5 Å². The Bertz CT molecular complexity index is 428. The van der Waals surface area contributed by atoms with Crippen LogP contribution in [0.3, 0.4) is 0 Å². The molecular formula is C11H17F2N5O. The van der Waals surface area contributed by atoms with Gasteiger partial charge in [0.15, 0.2) is 0 Å². The van der Waals surface area contributed by atoms with Gasteiger partial charge in [-0.15, -0.1) is 0 Å². The molecule has 19 heavy (non-hydrogen) atoms. The number of nitrogens with one attached hydrogen (secondary N) is 1. The first-order valence-electron chi connectivity index (χ1n) is 6.13. The molecule has 1 aliphatic carbocycles. The van der Waals surface area contributed by atoms with Crippen molar-refractivity contribution in [1.82, 2.24) is 9.97 Å². The molecule has 0 atom stereocenters. The SMILES string of the molecule is NNc1cc(N(CCO)CC(F)F)nc(C2CC2)n1. The van der Waals surface area contributed by atoms with E-state index < -0.39 is 13.0 Å². The zero-order valence-corrected chi connectivity index (χ0v) is 10.4. The number of aromatic nitrogens is 2. The van der Waals surface area contributed by atoms with Crippen LogP contribution in [0.25, 0.3) is 0 Å². The number of rotatable bonds is 7. The van der Waals surface area contributed by atoms with Crippen molar-refractivity contribution >= 4 is 11.6 Å². The van der Waals surface area contributed by atoms with Gasteiger partial charge in [-0.3, -0.25) is 0 Å². The minimum atomic E-state index is -2.50. The number of hydrazine groups is 1. The number of halogens is 2. The highest BCUT2D eigenvalue weighted by Crippen LogP contribution is 2.39. The van der Waals surface area contributed by atoms with Crippen LogP contribution >= 0.6 is 0 Å². The Morgan fingerprint density at radius 1 is 1.47 bits per heavy atom. The van der Waals surface area contributed by atoms with Gasteiger partial charge in [-0.2, -0.15) is 0 Å². The Hall–Kier alpha value is -1.54. The summed E-state index contributed by atoms with van der Waals surface area (Å²) in [5.41, 5.74) is 2.41. The lowest BCUT2D eigenvalue weighted by atomic mass is 10.3. The molecule has 2 rings (SSSR count). The molecule has 0 amide bonds. The standard InChI is InChI=1S/C11H17F2N5O/c12-8(13)6-18(3-4-19)10-5-9(17-14)15-11(16-10)7-1-2-7/h5,7-8,19H,1-4,6,14H2,(H,15,16,17). The fourth-order valence-corrected chi connectivity index (χ4v) is 1.80. The molecule has 1 aromatic heterocycles. The summed E-state index contributed by atoms with van der Waals surface area (Å²) >= 11 is 0. The number of nitrogens with zero attached hydrogens (tertiary/aromatic N) is 3. The highest BCUT2D eigenvalue weighted by molar-refractivity contribution is 5.49. The van der Waals surface area contributed by atoms with Crippen LogP contribution in [0.5, 0.6) is 0 Å². The van der Waals surface area contributed by atoms with Gasteiger partial charge in [0.05, 0.1) is 13.2 Å². The Morgan fingerprint density at radius 2 is 2.21 bits per heavy atom. The summed E-state index contributed by atoms with van der Waals surface area (Å²) in [5, 5.41) is 8.96. The molecule has 6 nitrogen and oxygen atoms in total. The predicted molar refractivity (Wildman–Crippen MR) is 67.1 cm³/mol. The molecule has 106 valence electrons. The number of nitrogens with two attached hydrogens (primary N) is 1. The fourth-order valence-electron chi connectivity index (χ4n) is 1.80. The number of nitrogen functional groups attached to an aromatic ring is 1. The third kappa shape index (κ3) is 3.71. The van der Waals surface area contributed by atoms with Gasteiger partial charge in [0.25, 0.3) is 6.43 Å². The molecule has 0 unspecified atom stereocenters. The largest absolute Gasteiger partial charge is 0.395 e. The Labute approximate surface area is 109 Å². The topological polar surface area (TPSA) is 87.3 Å². The Morgan fingerprint density at radius 3 is 2.74 bits per heavy atom. The van der Waals surface area contributed by atoms with E-state index in [9.17, 15) is 8.78 Å². The molecule has 1 aliphatic rings. The molecule has 0 aliphatic heterocycles. The minimum Gasteiger partial charge on any atom is -0.395 e. The van der Waals surface area contributed by atoms with Crippen LogP contribution in [0.4, 0.5) is 20.4 Å². The van der Waals surface area contributed by atoms with E-state index in [1.165, 1.54) is 11.0 Å². The molecule has 1 heterocycles. The van der Waals surface area contributed by atoms with Gasteiger partial charge >= 0.3 is 0 Å². The van der Waals surface area contributed by atoms with E-state index in [1.807, 2.05) is 0 Å². The van der Waals surface area contributed by atoms with E-state index in [0.717, 1.165) is 12.8 Å². The Balaban J connectivity index is 2.25. The number of anilines is 2. The third-order valence-electron chi connectivity index (χ3n) is 2.87. The van der Waals surface area contributed by atoms with Crippen molar-refractivity contribution in [2.24, 2.45) is 5.84 Å². The van der Waals surface area contributed by atoms with Crippen LogP contribution in [0.2, 0.25) is 0 Å². The Kier molecular flexibility index (Phi) is 4.43. The summed E-state index contributed by atoms with van der Waals surface area (Å²) in [4.78, 5) is 9.83. The second-order valence-electron chi connectivity index (χ2n) is 4.45. The number of hydrogen-bond donors (Lipinski definition) is 3. The lowest BCUT2D eigenvalue weighted by molar-refractivity contribution is 0.152. The molecule has 1 saturated carbocycles. The first-order valence-corrected chi connectivity index (χ1v) is 6.13. The summed E-state index contributed by atoms with van der Waals surface area (Å²) in [5.74, 6) is 6.98. The smallest absolute Gasteiger partial charge is 0.255 e. The van der Waals surface area contributed by atoms with Crippen molar-refractivity contribution in [3.8, 4) is 0 Å². The van der Waals surface area contributed by atoms with Gasteiger partial charge in [-0.05, 0) is 12.8 Å². The molecule has 1 aromatic rings.